The molecular formula is C23H29F3N3O3+. The van der Waals surface area contributed by atoms with Gasteiger partial charge in [-0.2, -0.15) is 13.2 Å². The number of nitroso groups, excluding NO2 is 1. The van der Waals surface area contributed by atoms with E-state index in [0.717, 1.165) is 42.6 Å². The summed E-state index contributed by atoms with van der Waals surface area (Å²) in [5, 5.41) is 0. The minimum absolute atomic E-state index is 0.330. The van der Waals surface area contributed by atoms with Crippen molar-refractivity contribution in [3.05, 3.63) is 58.0 Å². The molecule has 0 aliphatic carbocycles. The predicted octanol–water partition coefficient (Wildman–Crippen LogP) is 4.12. The van der Waals surface area contributed by atoms with Gasteiger partial charge in [-0.25, -0.2) is 0 Å². The van der Waals surface area contributed by atoms with Gasteiger partial charge in [0.05, 0.1) is 25.8 Å². The van der Waals surface area contributed by atoms with Crippen LogP contribution in [-0.2, 0) is 19.1 Å². The van der Waals surface area contributed by atoms with Gasteiger partial charge in [-0.15, -0.1) is 0 Å². The zero-order chi connectivity index (χ0) is 23.3. The van der Waals surface area contributed by atoms with E-state index >= 15 is 0 Å². The highest BCUT2D eigenvalue weighted by Gasteiger charge is 2.33. The van der Waals surface area contributed by atoms with Crippen molar-refractivity contribution in [3.63, 3.8) is 0 Å². The molecule has 0 radical (unpaired) electrons. The Bertz CT molecular complexity index is 942. The van der Waals surface area contributed by atoms with Gasteiger partial charge in [0.2, 0.25) is 0 Å². The zero-order valence-electron chi connectivity index (χ0n) is 18.6. The molecule has 0 unspecified atom stereocenters. The van der Waals surface area contributed by atoms with Crippen LogP contribution in [0.1, 0.15) is 16.7 Å². The van der Waals surface area contributed by atoms with Crippen molar-refractivity contribution < 1.29 is 27.4 Å². The molecule has 32 heavy (non-hydrogen) atoms. The SMILES string of the molecule is COc1cc(CN2CCN(CCc3ccccc3C(F)(F)F)CC2)c([N+](C)=O)cc1OC. The molecule has 0 spiro atoms. The number of hydrogen-bond donors (Lipinski definition) is 0. The van der Waals surface area contributed by atoms with E-state index in [1.807, 2.05) is 6.07 Å². The Hall–Kier alpha value is -2.65. The maximum atomic E-state index is 13.2. The van der Waals surface area contributed by atoms with Crippen LogP contribution in [0.2, 0.25) is 0 Å². The summed E-state index contributed by atoms with van der Waals surface area (Å²) >= 11 is 0. The van der Waals surface area contributed by atoms with Crippen LogP contribution in [0.3, 0.4) is 0 Å². The molecule has 2 aromatic rings. The molecule has 0 bridgehead atoms. The molecule has 0 atom stereocenters. The first-order valence-corrected chi connectivity index (χ1v) is 10.5. The van der Waals surface area contributed by atoms with Crippen molar-refractivity contribution in [1.82, 2.24) is 9.80 Å². The van der Waals surface area contributed by atoms with Crippen LogP contribution in [0, 0.1) is 4.91 Å². The minimum Gasteiger partial charge on any atom is -0.493 e. The van der Waals surface area contributed by atoms with E-state index in [2.05, 4.69) is 9.80 Å². The van der Waals surface area contributed by atoms with E-state index in [1.165, 1.54) is 20.2 Å². The Labute approximate surface area is 186 Å². The van der Waals surface area contributed by atoms with Gasteiger partial charge >= 0.3 is 6.18 Å². The molecule has 0 saturated carbocycles. The smallest absolute Gasteiger partial charge is 0.416 e. The van der Waals surface area contributed by atoms with E-state index in [4.69, 9.17) is 9.47 Å². The van der Waals surface area contributed by atoms with E-state index in [1.54, 1.807) is 25.3 Å². The van der Waals surface area contributed by atoms with Crippen molar-refractivity contribution in [2.75, 3.05) is 54.0 Å². The van der Waals surface area contributed by atoms with E-state index in [9.17, 15) is 18.1 Å². The van der Waals surface area contributed by atoms with Gasteiger partial charge in [0.1, 0.15) is 0 Å². The maximum Gasteiger partial charge on any atom is 0.416 e. The minimum atomic E-state index is -4.33. The van der Waals surface area contributed by atoms with Crippen molar-refractivity contribution in [3.8, 4) is 11.5 Å². The first kappa shape index (κ1) is 24.0. The lowest BCUT2D eigenvalue weighted by atomic mass is 10.0. The summed E-state index contributed by atoms with van der Waals surface area (Å²) in [5.41, 5.74) is 1.14. The van der Waals surface area contributed by atoms with Crippen LogP contribution in [0.5, 0.6) is 11.5 Å². The summed E-state index contributed by atoms with van der Waals surface area (Å²) in [5.74, 6) is 1.06. The quantitative estimate of drug-likeness (QED) is 0.564. The number of ether oxygens (including phenoxy) is 2. The Morgan fingerprint density at radius 2 is 1.53 bits per heavy atom. The normalized spacial score (nSPS) is 15.6. The number of nitrogens with zero attached hydrogens (tertiary/aromatic N) is 3. The van der Waals surface area contributed by atoms with Gasteiger partial charge in [0, 0.05) is 54.5 Å². The molecule has 2 aromatic carbocycles. The van der Waals surface area contributed by atoms with Crippen molar-refractivity contribution in [1.29, 1.82) is 0 Å². The van der Waals surface area contributed by atoms with Crippen molar-refractivity contribution >= 4 is 5.69 Å². The summed E-state index contributed by atoms with van der Waals surface area (Å²) in [7, 11) is 4.53. The van der Waals surface area contributed by atoms with Crippen molar-refractivity contribution in [2.45, 2.75) is 19.1 Å². The number of methoxy groups -OCH3 is 2. The zero-order valence-corrected chi connectivity index (χ0v) is 18.6. The third-order valence-corrected chi connectivity index (χ3v) is 5.80. The number of halogens is 3. The molecule has 1 aliphatic heterocycles. The largest absolute Gasteiger partial charge is 0.493 e. The van der Waals surface area contributed by atoms with Crippen LogP contribution < -0.4 is 9.47 Å². The Kier molecular flexibility index (Phi) is 7.73. The summed E-state index contributed by atoms with van der Waals surface area (Å²) in [6.45, 7) is 4.18. The average Bonchev–Trinajstić information content (AvgIpc) is 2.77. The summed E-state index contributed by atoms with van der Waals surface area (Å²) in [6.07, 6.45) is -3.97. The monoisotopic (exact) mass is 452 g/mol. The number of rotatable bonds is 8. The third kappa shape index (κ3) is 5.77. The highest BCUT2D eigenvalue weighted by molar-refractivity contribution is 5.54. The molecule has 0 N–H and O–H groups in total. The van der Waals surface area contributed by atoms with Gasteiger partial charge in [-0.3, -0.25) is 4.90 Å². The van der Waals surface area contributed by atoms with E-state index < -0.39 is 11.7 Å². The lowest BCUT2D eigenvalue weighted by molar-refractivity contribution is -0.429. The summed E-state index contributed by atoms with van der Waals surface area (Å²) < 4.78 is 51.1. The number of piperazine rings is 1. The second kappa shape index (κ2) is 10.3. The highest BCUT2D eigenvalue weighted by atomic mass is 19.4. The summed E-state index contributed by atoms with van der Waals surface area (Å²) in [4.78, 5) is 16.5. The molecule has 0 amide bonds. The van der Waals surface area contributed by atoms with Crippen LogP contribution in [0.25, 0.3) is 0 Å². The molecule has 9 heteroatoms. The lowest BCUT2D eigenvalue weighted by Gasteiger charge is -2.34. The summed E-state index contributed by atoms with van der Waals surface area (Å²) in [6, 6.07) is 9.26. The first-order chi connectivity index (χ1) is 15.2. The standard InChI is InChI=1S/C23H29F3N3O3/c1-27(30)20-15-22(32-3)21(31-2)14-18(20)16-29-12-10-28(11-13-29)9-8-17-6-4-5-7-19(17)23(24,25)26/h4-7,14-15H,8-13,16H2,1-3H3/q+1. The fraction of sp³-hybridized carbons (Fsp3) is 0.478. The highest BCUT2D eigenvalue weighted by Crippen LogP contribution is 2.35. The van der Waals surface area contributed by atoms with Crippen LogP contribution in [0.15, 0.2) is 36.4 Å². The fourth-order valence-electron chi connectivity index (χ4n) is 4.04. The Balaban J connectivity index is 1.60. The van der Waals surface area contributed by atoms with Gasteiger partial charge in [-0.1, -0.05) is 18.2 Å². The Morgan fingerprint density at radius 3 is 2.12 bits per heavy atom. The molecule has 3 rings (SSSR count). The van der Waals surface area contributed by atoms with Gasteiger partial charge in [0.15, 0.2) is 18.5 Å². The first-order valence-electron chi connectivity index (χ1n) is 10.5. The average molecular weight is 452 g/mol. The van der Waals surface area contributed by atoms with E-state index in [0.29, 0.717) is 42.3 Å². The van der Waals surface area contributed by atoms with Crippen LogP contribution >= 0.6 is 0 Å². The van der Waals surface area contributed by atoms with Crippen LogP contribution in [-0.4, -0.2) is 68.6 Å². The second-order valence-electron chi connectivity index (χ2n) is 7.86. The van der Waals surface area contributed by atoms with Gasteiger partial charge < -0.3 is 14.4 Å². The van der Waals surface area contributed by atoms with Crippen LogP contribution in [0.4, 0.5) is 18.9 Å². The molecule has 1 fully saturated rings. The molecule has 6 nitrogen and oxygen atoms in total. The molecular weight excluding hydrogens is 423 g/mol. The predicted molar refractivity (Wildman–Crippen MR) is 116 cm³/mol. The molecule has 0 aromatic heterocycles. The molecule has 1 aliphatic rings. The number of hydrogen-bond acceptors (Lipinski definition) is 5. The molecule has 1 saturated heterocycles. The molecule has 1 heterocycles. The Morgan fingerprint density at radius 1 is 0.938 bits per heavy atom. The van der Waals surface area contributed by atoms with Crippen molar-refractivity contribution in [2.24, 2.45) is 0 Å². The number of alkyl halides is 3. The van der Waals surface area contributed by atoms with E-state index in [-0.39, 0.29) is 0 Å². The number of benzene rings is 2. The maximum absolute atomic E-state index is 13.2. The molecule has 174 valence electrons. The lowest BCUT2D eigenvalue weighted by Crippen LogP contribution is -2.46. The third-order valence-electron chi connectivity index (χ3n) is 5.80. The van der Waals surface area contributed by atoms with Gasteiger partial charge in [-0.05, 0) is 24.1 Å². The topological polar surface area (TPSA) is 45.0 Å². The second-order valence-corrected chi connectivity index (χ2v) is 7.86. The fourth-order valence-corrected chi connectivity index (χ4v) is 4.04. The van der Waals surface area contributed by atoms with Gasteiger partial charge in [0.25, 0.3) is 5.69 Å².